The molecule has 6 heteroatoms. The van der Waals surface area contributed by atoms with Crippen molar-refractivity contribution in [2.45, 2.75) is 32.7 Å². The average Bonchev–Trinajstić information content (AvgIpc) is 2.43. The molecule has 1 atom stereocenters. The Balaban J connectivity index is 2.52. The second kappa shape index (κ2) is 8.14. The predicted molar refractivity (Wildman–Crippen MR) is 79.6 cm³/mol. The number of rotatable bonds is 7. The number of aryl methyl sites for hydroxylation is 1. The molecule has 0 aliphatic carbocycles. The maximum atomic E-state index is 11.7. The van der Waals surface area contributed by atoms with Crippen LogP contribution in [0.25, 0.3) is 0 Å². The van der Waals surface area contributed by atoms with Gasteiger partial charge in [0, 0.05) is 18.5 Å². The lowest BCUT2D eigenvalue weighted by Crippen LogP contribution is -2.37. The summed E-state index contributed by atoms with van der Waals surface area (Å²) in [5, 5.41) is 14.0. The monoisotopic (exact) mass is 294 g/mol. The van der Waals surface area contributed by atoms with Gasteiger partial charge in [0.25, 0.3) is 0 Å². The highest BCUT2D eigenvalue weighted by Crippen LogP contribution is 2.25. The van der Waals surface area contributed by atoms with E-state index in [-0.39, 0.29) is 18.5 Å². The van der Waals surface area contributed by atoms with Gasteiger partial charge in [0.15, 0.2) is 0 Å². The lowest BCUT2D eigenvalue weighted by atomic mass is 10.0. The van der Waals surface area contributed by atoms with Crippen LogP contribution in [0.2, 0.25) is 0 Å². The molecule has 116 valence electrons. The summed E-state index contributed by atoms with van der Waals surface area (Å²) in [6, 6.07) is 5.25. The van der Waals surface area contributed by atoms with Gasteiger partial charge in [-0.05, 0) is 26.3 Å². The first-order valence-electron chi connectivity index (χ1n) is 6.84. The van der Waals surface area contributed by atoms with Gasteiger partial charge in [-0.3, -0.25) is 4.79 Å². The number of carboxylic acid groups (broad SMARTS) is 1. The molecule has 0 saturated carbocycles. The first-order valence-corrected chi connectivity index (χ1v) is 6.84. The third-order valence-corrected chi connectivity index (χ3v) is 3.05. The molecule has 0 radical (unpaired) electrons. The Kier molecular flexibility index (Phi) is 6.52. The van der Waals surface area contributed by atoms with Crippen molar-refractivity contribution in [3.8, 4) is 5.75 Å². The molecule has 1 aromatic rings. The average molecular weight is 294 g/mol. The number of urea groups is 1. The Morgan fingerprint density at radius 3 is 2.71 bits per heavy atom. The van der Waals surface area contributed by atoms with E-state index in [9.17, 15) is 9.59 Å². The fraction of sp³-hybridized carbons (Fsp3) is 0.467. The molecule has 1 aromatic carbocycles. The van der Waals surface area contributed by atoms with Crippen molar-refractivity contribution >= 4 is 12.0 Å². The Hall–Kier alpha value is -2.24. The summed E-state index contributed by atoms with van der Waals surface area (Å²) in [7, 11) is 1.59. The number of amides is 2. The van der Waals surface area contributed by atoms with E-state index in [1.807, 2.05) is 32.0 Å². The second-order valence-electron chi connectivity index (χ2n) is 4.86. The molecule has 0 aliphatic heterocycles. The van der Waals surface area contributed by atoms with Crippen LogP contribution >= 0.6 is 0 Å². The number of nitrogens with one attached hydrogen (secondary N) is 2. The summed E-state index contributed by atoms with van der Waals surface area (Å²) in [6.45, 7) is 4.17. The normalized spacial score (nSPS) is 11.6. The number of carbonyl (C=O) groups is 2. The minimum atomic E-state index is -0.866. The summed E-state index contributed by atoms with van der Waals surface area (Å²) in [6.07, 6.45) is 0.451. The van der Waals surface area contributed by atoms with Crippen molar-refractivity contribution in [3.05, 3.63) is 29.3 Å². The topological polar surface area (TPSA) is 87.7 Å². The Morgan fingerprint density at radius 1 is 1.38 bits per heavy atom. The van der Waals surface area contributed by atoms with Gasteiger partial charge < -0.3 is 20.5 Å². The standard InChI is InChI=1S/C15H22N2O4/c1-10-6-7-13(21-3)12(9-10)11(2)17-15(20)16-8-4-5-14(18)19/h6-7,9,11H,4-5,8H2,1-3H3,(H,18,19)(H2,16,17,20)/t11-/m0/s1. The SMILES string of the molecule is COc1ccc(C)cc1[C@H](C)NC(=O)NCCCC(=O)O. The van der Waals surface area contributed by atoms with E-state index >= 15 is 0 Å². The largest absolute Gasteiger partial charge is 0.496 e. The molecular formula is C15H22N2O4. The Labute approximate surface area is 124 Å². The van der Waals surface area contributed by atoms with Gasteiger partial charge in [-0.2, -0.15) is 0 Å². The van der Waals surface area contributed by atoms with E-state index in [2.05, 4.69) is 10.6 Å². The second-order valence-corrected chi connectivity index (χ2v) is 4.86. The predicted octanol–water partition coefficient (Wildman–Crippen LogP) is 2.23. The van der Waals surface area contributed by atoms with E-state index in [1.165, 1.54) is 0 Å². The zero-order valence-corrected chi connectivity index (χ0v) is 12.6. The highest BCUT2D eigenvalue weighted by molar-refractivity contribution is 5.74. The minimum absolute atomic E-state index is 0.0432. The number of hydrogen-bond donors (Lipinski definition) is 3. The lowest BCUT2D eigenvalue weighted by molar-refractivity contribution is -0.137. The van der Waals surface area contributed by atoms with Crippen LogP contribution in [0.1, 0.15) is 36.9 Å². The number of carboxylic acids is 1. The first-order chi connectivity index (χ1) is 9.93. The number of benzene rings is 1. The molecule has 3 N–H and O–H groups in total. The van der Waals surface area contributed by atoms with E-state index in [0.717, 1.165) is 16.9 Å². The van der Waals surface area contributed by atoms with Crippen LogP contribution in [0.5, 0.6) is 5.75 Å². The Bertz CT molecular complexity index is 502. The molecule has 0 bridgehead atoms. The lowest BCUT2D eigenvalue weighted by Gasteiger charge is -2.18. The maximum Gasteiger partial charge on any atom is 0.315 e. The molecular weight excluding hydrogens is 272 g/mol. The van der Waals surface area contributed by atoms with Crippen LogP contribution < -0.4 is 15.4 Å². The number of hydrogen-bond acceptors (Lipinski definition) is 3. The van der Waals surface area contributed by atoms with Gasteiger partial charge in [-0.25, -0.2) is 4.79 Å². The molecule has 0 unspecified atom stereocenters. The van der Waals surface area contributed by atoms with E-state index in [0.29, 0.717) is 13.0 Å². The molecule has 2 amide bonds. The van der Waals surface area contributed by atoms with Crippen molar-refractivity contribution in [1.82, 2.24) is 10.6 Å². The minimum Gasteiger partial charge on any atom is -0.496 e. The van der Waals surface area contributed by atoms with Crippen molar-refractivity contribution in [2.24, 2.45) is 0 Å². The quantitative estimate of drug-likeness (QED) is 0.673. The van der Waals surface area contributed by atoms with Crippen LogP contribution in [0.4, 0.5) is 4.79 Å². The Morgan fingerprint density at radius 2 is 2.10 bits per heavy atom. The number of carbonyl (C=O) groups excluding carboxylic acids is 1. The highest BCUT2D eigenvalue weighted by Gasteiger charge is 2.14. The summed E-state index contributed by atoms with van der Waals surface area (Å²) in [5.41, 5.74) is 1.99. The number of ether oxygens (including phenoxy) is 1. The van der Waals surface area contributed by atoms with Crippen molar-refractivity contribution in [2.75, 3.05) is 13.7 Å². The first kappa shape index (κ1) is 16.8. The smallest absolute Gasteiger partial charge is 0.315 e. The van der Waals surface area contributed by atoms with Gasteiger partial charge in [0.2, 0.25) is 0 Å². The van der Waals surface area contributed by atoms with Crippen molar-refractivity contribution in [3.63, 3.8) is 0 Å². The van der Waals surface area contributed by atoms with Gasteiger partial charge >= 0.3 is 12.0 Å². The fourth-order valence-corrected chi connectivity index (χ4v) is 1.96. The third kappa shape index (κ3) is 5.72. The fourth-order valence-electron chi connectivity index (χ4n) is 1.96. The molecule has 0 heterocycles. The number of aliphatic carboxylic acids is 1. The molecule has 0 saturated heterocycles. The third-order valence-electron chi connectivity index (χ3n) is 3.05. The summed E-state index contributed by atoms with van der Waals surface area (Å²) >= 11 is 0. The molecule has 1 rings (SSSR count). The molecule has 0 aromatic heterocycles. The number of methoxy groups -OCH3 is 1. The molecule has 0 fully saturated rings. The van der Waals surface area contributed by atoms with E-state index < -0.39 is 5.97 Å². The maximum absolute atomic E-state index is 11.7. The molecule has 6 nitrogen and oxygen atoms in total. The van der Waals surface area contributed by atoms with Gasteiger partial charge in [-0.15, -0.1) is 0 Å². The van der Waals surface area contributed by atoms with Gasteiger partial charge in [0.1, 0.15) is 5.75 Å². The molecule has 0 spiro atoms. The van der Waals surface area contributed by atoms with Crippen molar-refractivity contribution in [1.29, 1.82) is 0 Å². The summed E-state index contributed by atoms with van der Waals surface area (Å²) < 4.78 is 5.29. The van der Waals surface area contributed by atoms with Gasteiger partial charge in [0.05, 0.1) is 13.2 Å². The van der Waals surface area contributed by atoms with Crippen molar-refractivity contribution < 1.29 is 19.4 Å². The highest BCUT2D eigenvalue weighted by atomic mass is 16.5. The van der Waals surface area contributed by atoms with E-state index in [1.54, 1.807) is 7.11 Å². The van der Waals surface area contributed by atoms with Crippen LogP contribution in [0.15, 0.2) is 18.2 Å². The zero-order valence-electron chi connectivity index (χ0n) is 12.6. The summed E-state index contributed by atoms with van der Waals surface area (Å²) in [4.78, 5) is 22.1. The zero-order chi connectivity index (χ0) is 15.8. The van der Waals surface area contributed by atoms with Crippen LogP contribution in [0, 0.1) is 6.92 Å². The van der Waals surface area contributed by atoms with Crippen LogP contribution in [-0.4, -0.2) is 30.8 Å². The molecule has 0 aliphatic rings. The van der Waals surface area contributed by atoms with Crippen LogP contribution in [-0.2, 0) is 4.79 Å². The van der Waals surface area contributed by atoms with Crippen LogP contribution in [0.3, 0.4) is 0 Å². The summed E-state index contributed by atoms with van der Waals surface area (Å²) in [5.74, 6) is -0.144. The van der Waals surface area contributed by atoms with Gasteiger partial charge in [-0.1, -0.05) is 17.7 Å². The molecule has 21 heavy (non-hydrogen) atoms. The van der Waals surface area contributed by atoms with E-state index in [4.69, 9.17) is 9.84 Å².